The van der Waals surface area contributed by atoms with Gasteiger partial charge in [-0.3, -0.25) is 0 Å². The third-order valence-electron chi connectivity index (χ3n) is 3.03. The van der Waals surface area contributed by atoms with Crippen molar-refractivity contribution in [1.82, 2.24) is 0 Å². The number of benzene rings is 1. The van der Waals surface area contributed by atoms with E-state index in [1.165, 1.54) is 39.7 Å². The average Bonchev–Trinajstić information content (AvgIpc) is 2.20. The molecule has 1 fully saturated rings. The first-order valence-electron chi connectivity index (χ1n) is 5.37. The van der Waals surface area contributed by atoms with Crippen molar-refractivity contribution in [2.45, 2.75) is 19.8 Å². The normalized spacial score (nSPS) is 18.2. The highest BCUT2D eigenvalue weighted by Crippen LogP contribution is 2.30. The molecule has 0 unspecified atom stereocenters. The number of hydrogen-bond acceptors (Lipinski definition) is 1. The summed E-state index contributed by atoms with van der Waals surface area (Å²) in [6, 6.07) is 6.59. The molecule has 0 amide bonds. The Kier molecular flexibility index (Phi) is 3.93. The van der Waals surface area contributed by atoms with Crippen molar-refractivity contribution in [1.29, 1.82) is 0 Å². The Balaban J connectivity index is 2.15. The van der Waals surface area contributed by atoms with Crippen LogP contribution < -0.4 is 4.90 Å². The summed E-state index contributed by atoms with van der Waals surface area (Å²) >= 11 is 6.00. The molecule has 1 nitrogen and oxygen atoms in total. The van der Waals surface area contributed by atoms with Crippen molar-refractivity contribution in [2.75, 3.05) is 18.0 Å². The molecule has 0 saturated carbocycles. The summed E-state index contributed by atoms with van der Waals surface area (Å²) in [4.78, 5) is 2.49. The fraction of sp³-hybridized carbons (Fsp3) is 0.500. The Labute approximate surface area is 114 Å². The number of piperidine rings is 1. The molecular weight excluding hydrogens is 365 g/mol. The zero-order chi connectivity index (χ0) is 10.8. The Morgan fingerprint density at radius 2 is 2.00 bits per heavy atom. The standard InChI is InChI=1S/C12H15BrIN/c1-9-4-6-15(7-5-9)12-3-2-10(14)8-11(12)13/h2-3,8-9H,4-7H2,1H3. The van der Waals surface area contributed by atoms with Crippen LogP contribution in [0, 0.1) is 9.49 Å². The predicted molar refractivity (Wildman–Crippen MR) is 77.5 cm³/mol. The molecule has 0 spiro atoms. The van der Waals surface area contributed by atoms with Gasteiger partial charge < -0.3 is 4.90 Å². The third kappa shape index (κ3) is 2.87. The minimum Gasteiger partial charge on any atom is -0.371 e. The van der Waals surface area contributed by atoms with Crippen LogP contribution in [0.2, 0.25) is 0 Å². The first kappa shape index (κ1) is 11.7. The van der Waals surface area contributed by atoms with E-state index in [4.69, 9.17) is 0 Å². The van der Waals surface area contributed by atoms with Gasteiger partial charge in [-0.05, 0) is 75.5 Å². The fourth-order valence-electron chi connectivity index (χ4n) is 1.99. The van der Waals surface area contributed by atoms with Crippen molar-refractivity contribution < 1.29 is 0 Å². The maximum atomic E-state index is 3.65. The van der Waals surface area contributed by atoms with Crippen molar-refractivity contribution in [3.05, 3.63) is 26.2 Å². The van der Waals surface area contributed by atoms with Crippen LogP contribution in [0.5, 0.6) is 0 Å². The molecule has 1 saturated heterocycles. The average molecular weight is 380 g/mol. The van der Waals surface area contributed by atoms with Crippen LogP contribution in [0.3, 0.4) is 0 Å². The van der Waals surface area contributed by atoms with Crippen molar-refractivity contribution in [2.24, 2.45) is 5.92 Å². The van der Waals surface area contributed by atoms with Gasteiger partial charge >= 0.3 is 0 Å². The molecule has 0 aromatic heterocycles. The van der Waals surface area contributed by atoms with Gasteiger partial charge in [-0.2, -0.15) is 0 Å². The second-order valence-corrected chi connectivity index (χ2v) is 6.37. The molecule has 1 aromatic rings. The highest BCUT2D eigenvalue weighted by Gasteiger charge is 2.17. The summed E-state index contributed by atoms with van der Waals surface area (Å²) in [7, 11) is 0. The topological polar surface area (TPSA) is 3.24 Å². The van der Waals surface area contributed by atoms with E-state index in [9.17, 15) is 0 Å². The molecule has 0 bridgehead atoms. The maximum absolute atomic E-state index is 3.65. The number of anilines is 1. The highest BCUT2D eigenvalue weighted by molar-refractivity contribution is 14.1. The molecule has 0 atom stereocenters. The van der Waals surface area contributed by atoms with Crippen LogP contribution in [0.25, 0.3) is 0 Å². The Hall–Kier alpha value is 0.230. The van der Waals surface area contributed by atoms with Gasteiger partial charge in [0.1, 0.15) is 0 Å². The van der Waals surface area contributed by atoms with Gasteiger partial charge in [0, 0.05) is 21.1 Å². The zero-order valence-corrected chi connectivity index (χ0v) is 12.6. The van der Waals surface area contributed by atoms with Crippen LogP contribution in [0.1, 0.15) is 19.8 Å². The maximum Gasteiger partial charge on any atom is 0.0511 e. The summed E-state index contributed by atoms with van der Waals surface area (Å²) in [6.45, 7) is 4.74. The smallest absolute Gasteiger partial charge is 0.0511 e. The molecule has 0 N–H and O–H groups in total. The van der Waals surface area contributed by atoms with E-state index in [0.717, 1.165) is 5.92 Å². The molecule has 1 aliphatic rings. The van der Waals surface area contributed by atoms with Crippen LogP contribution in [-0.2, 0) is 0 Å². The largest absolute Gasteiger partial charge is 0.371 e. The second kappa shape index (κ2) is 5.04. The lowest BCUT2D eigenvalue weighted by atomic mass is 9.99. The zero-order valence-electron chi connectivity index (χ0n) is 8.84. The molecule has 1 aliphatic heterocycles. The molecule has 1 aromatic carbocycles. The van der Waals surface area contributed by atoms with E-state index < -0.39 is 0 Å². The van der Waals surface area contributed by atoms with Gasteiger partial charge in [-0.25, -0.2) is 0 Å². The van der Waals surface area contributed by atoms with Crippen molar-refractivity contribution in [3.8, 4) is 0 Å². The van der Waals surface area contributed by atoms with Crippen LogP contribution in [-0.4, -0.2) is 13.1 Å². The summed E-state index contributed by atoms with van der Waals surface area (Å²) in [5.41, 5.74) is 1.35. The van der Waals surface area contributed by atoms with Gasteiger partial charge in [-0.15, -0.1) is 0 Å². The van der Waals surface area contributed by atoms with E-state index in [1.54, 1.807) is 0 Å². The Morgan fingerprint density at radius 3 is 2.60 bits per heavy atom. The number of rotatable bonds is 1. The van der Waals surface area contributed by atoms with Gasteiger partial charge in [-0.1, -0.05) is 6.92 Å². The van der Waals surface area contributed by atoms with E-state index in [1.807, 2.05) is 0 Å². The van der Waals surface area contributed by atoms with Crippen LogP contribution in [0.4, 0.5) is 5.69 Å². The van der Waals surface area contributed by atoms with Crippen LogP contribution in [0.15, 0.2) is 22.7 Å². The van der Waals surface area contributed by atoms with Crippen LogP contribution >= 0.6 is 38.5 Å². The predicted octanol–water partition coefficient (Wildman–Crippen LogP) is 4.29. The first-order chi connectivity index (χ1) is 7.16. The minimum atomic E-state index is 0.892. The number of hydrogen-bond donors (Lipinski definition) is 0. The van der Waals surface area contributed by atoms with E-state index in [-0.39, 0.29) is 0 Å². The Bertz CT molecular complexity index is 345. The Morgan fingerprint density at radius 1 is 1.33 bits per heavy atom. The van der Waals surface area contributed by atoms with E-state index >= 15 is 0 Å². The van der Waals surface area contributed by atoms with Gasteiger partial charge in [0.15, 0.2) is 0 Å². The number of halogens is 2. The van der Waals surface area contributed by atoms with Gasteiger partial charge in [0.2, 0.25) is 0 Å². The van der Waals surface area contributed by atoms with Gasteiger partial charge in [0.05, 0.1) is 5.69 Å². The lowest BCUT2D eigenvalue weighted by Gasteiger charge is -2.32. The van der Waals surface area contributed by atoms with E-state index in [2.05, 4.69) is 68.5 Å². The molecular formula is C12H15BrIN. The van der Waals surface area contributed by atoms with E-state index in [0.29, 0.717) is 0 Å². The van der Waals surface area contributed by atoms with Gasteiger partial charge in [0.25, 0.3) is 0 Å². The lowest BCUT2D eigenvalue weighted by Crippen LogP contribution is -2.32. The molecule has 1 heterocycles. The second-order valence-electron chi connectivity index (χ2n) is 4.27. The quantitative estimate of drug-likeness (QED) is 0.658. The monoisotopic (exact) mass is 379 g/mol. The molecule has 3 heteroatoms. The molecule has 82 valence electrons. The summed E-state index contributed by atoms with van der Waals surface area (Å²) in [5.74, 6) is 0.892. The number of nitrogens with zero attached hydrogens (tertiary/aromatic N) is 1. The summed E-state index contributed by atoms with van der Waals surface area (Å²) in [5, 5.41) is 0. The van der Waals surface area contributed by atoms with Crippen molar-refractivity contribution in [3.63, 3.8) is 0 Å². The molecule has 15 heavy (non-hydrogen) atoms. The third-order valence-corrected chi connectivity index (χ3v) is 4.34. The highest BCUT2D eigenvalue weighted by atomic mass is 127. The fourth-order valence-corrected chi connectivity index (χ4v) is 3.54. The lowest BCUT2D eigenvalue weighted by molar-refractivity contribution is 0.438. The SMILES string of the molecule is CC1CCN(c2ccc(I)cc2Br)CC1. The molecule has 2 rings (SSSR count). The molecule has 0 radical (unpaired) electrons. The minimum absolute atomic E-state index is 0.892. The summed E-state index contributed by atoms with van der Waals surface area (Å²) in [6.07, 6.45) is 2.64. The van der Waals surface area contributed by atoms with Crippen molar-refractivity contribution >= 4 is 44.2 Å². The first-order valence-corrected chi connectivity index (χ1v) is 7.24. The summed E-state index contributed by atoms with van der Waals surface area (Å²) < 4.78 is 2.51. The molecule has 0 aliphatic carbocycles.